The van der Waals surface area contributed by atoms with E-state index in [0.717, 1.165) is 10.4 Å². The highest BCUT2D eigenvalue weighted by Crippen LogP contribution is 2.22. The summed E-state index contributed by atoms with van der Waals surface area (Å²) in [5, 5.41) is 4.70. The SMILES string of the molecule is CNCc1cc(S(=O)(=O)N(C)Cc2ccncc2)cs1. The minimum absolute atomic E-state index is 0.335. The smallest absolute Gasteiger partial charge is 0.243 e. The normalized spacial score (nSPS) is 11.9. The van der Waals surface area contributed by atoms with E-state index < -0.39 is 10.0 Å². The largest absolute Gasteiger partial charge is 0.315 e. The Balaban J connectivity index is 2.16. The van der Waals surface area contributed by atoms with Crippen LogP contribution in [0.2, 0.25) is 0 Å². The first-order valence-corrected chi connectivity index (χ1v) is 8.43. The zero-order valence-electron chi connectivity index (χ0n) is 11.4. The molecule has 2 aromatic rings. The number of aromatic nitrogens is 1. The first-order valence-electron chi connectivity index (χ1n) is 6.11. The Labute approximate surface area is 123 Å². The Kier molecular flexibility index (Phi) is 4.87. The van der Waals surface area contributed by atoms with Crippen LogP contribution in [0.1, 0.15) is 10.4 Å². The lowest BCUT2D eigenvalue weighted by atomic mass is 10.3. The molecule has 0 radical (unpaired) electrons. The summed E-state index contributed by atoms with van der Waals surface area (Å²) in [5.74, 6) is 0. The molecule has 2 aromatic heterocycles. The number of hydrogen-bond acceptors (Lipinski definition) is 5. The molecular weight excluding hydrogens is 294 g/mol. The zero-order chi connectivity index (χ0) is 14.6. The molecule has 0 fully saturated rings. The lowest BCUT2D eigenvalue weighted by Gasteiger charge is -2.16. The Morgan fingerprint density at radius 1 is 1.35 bits per heavy atom. The minimum Gasteiger partial charge on any atom is -0.315 e. The van der Waals surface area contributed by atoms with Gasteiger partial charge in [0.1, 0.15) is 0 Å². The van der Waals surface area contributed by atoms with Crippen LogP contribution in [0.5, 0.6) is 0 Å². The molecular formula is C13H17N3O2S2. The highest BCUT2D eigenvalue weighted by Gasteiger charge is 2.22. The van der Waals surface area contributed by atoms with Crippen LogP contribution in [0, 0.1) is 0 Å². The van der Waals surface area contributed by atoms with E-state index in [1.165, 1.54) is 15.6 Å². The van der Waals surface area contributed by atoms with Gasteiger partial charge in [0, 0.05) is 42.8 Å². The molecule has 0 aliphatic carbocycles. The molecule has 0 unspecified atom stereocenters. The van der Waals surface area contributed by atoms with Crippen molar-refractivity contribution in [3.63, 3.8) is 0 Å². The number of hydrogen-bond donors (Lipinski definition) is 1. The molecule has 0 aliphatic heterocycles. The van der Waals surface area contributed by atoms with Crippen LogP contribution in [0.15, 0.2) is 40.9 Å². The summed E-state index contributed by atoms with van der Waals surface area (Å²) in [6.07, 6.45) is 3.32. The second-order valence-electron chi connectivity index (χ2n) is 4.40. The summed E-state index contributed by atoms with van der Waals surface area (Å²) in [6.45, 7) is 1.01. The fraction of sp³-hybridized carbons (Fsp3) is 0.308. The average molecular weight is 311 g/mol. The maximum atomic E-state index is 12.5. The van der Waals surface area contributed by atoms with Crippen molar-refractivity contribution in [3.8, 4) is 0 Å². The van der Waals surface area contributed by atoms with Crippen molar-refractivity contribution in [2.24, 2.45) is 0 Å². The van der Waals surface area contributed by atoms with Crippen molar-refractivity contribution in [2.45, 2.75) is 18.0 Å². The Bertz CT molecular complexity index is 653. The van der Waals surface area contributed by atoms with Crippen LogP contribution in [0.3, 0.4) is 0 Å². The van der Waals surface area contributed by atoms with Gasteiger partial charge in [-0.15, -0.1) is 11.3 Å². The van der Waals surface area contributed by atoms with Crippen molar-refractivity contribution in [1.82, 2.24) is 14.6 Å². The minimum atomic E-state index is -3.44. The molecule has 0 aliphatic rings. The first kappa shape index (κ1) is 15.1. The van der Waals surface area contributed by atoms with Crippen LogP contribution in [-0.2, 0) is 23.1 Å². The molecule has 7 heteroatoms. The lowest BCUT2D eigenvalue weighted by Crippen LogP contribution is -2.26. The molecule has 0 atom stereocenters. The van der Waals surface area contributed by atoms with E-state index in [1.54, 1.807) is 30.9 Å². The Hall–Kier alpha value is -1.28. The van der Waals surface area contributed by atoms with Crippen LogP contribution >= 0.6 is 11.3 Å². The second-order valence-corrected chi connectivity index (χ2v) is 7.44. The van der Waals surface area contributed by atoms with Gasteiger partial charge >= 0.3 is 0 Å². The van der Waals surface area contributed by atoms with E-state index in [2.05, 4.69) is 10.3 Å². The topological polar surface area (TPSA) is 62.3 Å². The Morgan fingerprint density at radius 3 is 2.70 bits per heavy atom. The number of nitrogens with zero attached hydrogens (tertiary/aromatic N) is 2. The van der Waals surface area contributed by atoms with E-state index in [4.69, 9.17) is 0 Å². The molecule has 1 N–H and O–H groups in total. The van der Waals surface area contributed by atoms with Crippen LogP contribution in [0.4, 0.5) is 0 Å². The van der Waals surface area contributed by atoms with Crippen molar-refractivity contribution in [2.75, 3.05) is 14.1 Å². The lowest BCUT2D eigenvalue weighted by molar-refractivity contribution is 0.467. The molecule has 0 saturated carbocycles. The third-order valence-corrected chi connectivity index (χ3v) is 5.71. The van der Waals surface area contributed by atoms with Crippen LogP contribution < -0.4 is 5.32 Å². The third kappa shape index (κ3) is 3.43. The van der Waals surface area contributed by atoms with E-state index in [0.29, 0.717) is 18.0 Å². The highest BCUT2D eigenvalue weighted by atomic mass is 32.2. The van der Waals surface area contributed by atoms with Gasteiger partial charge in [0.25, 0.3) is 0 Å². The monoisotopic (exact) mass is 311 g/mol. The first-order chi connectivity index (χ1) is 9.54. The predicted molar refractivity (Wildman–Crippen MR) is 80.0 cm³/mol. The molecule has 5 nitrogen and oxygen atoms in total. The molecule has 0 aromatic carbocycles. The van der Waals surface area contributed by atoms with Crippen LogP contribution in [-0.4, -0.2) is 31.8 Å². The molecule has 2 heterocycles. The molecule has 0 bridgehead atoms. The van der Waals surface area contributed by atoms with Crippen molar-refractivity contribution in [1.29, 1.82) is 0 Å². The highest BCUT2D eigenvalue weighted by molar-refractivity contribution is 7.89. The van der Waals surface area contributed by atoms with Gasteiger partial charge in [-0.1, -0.05) is 0 Å². The van der Waals surface area contributed by atoms with Gasteiger partial charge in [-0.05, 0) is 30.8 Å². The number of nitrogens with one attached hydrogen (secondary N) is 1. The van der Waals surface area contributed by atoms with Gasteiger partial charge in [-0.2, -0.15) is 4.31 Å². The van der Waals surface area contributed by atoms with Gasteiger partial charge in [-0.3, -0.25) is 4.98 Å². The maximum absolute atomic E-state index is 12.5. The predicted octanol–water partition coefficient (Wildman–Crippen LogP) is 1.68. The fourth-order valence-electron chi connectivity index (χ4n) is 1.77. The van der Waals surface area contributed by atoms with Crippen LogP contribution in [0.25, 0.3) is 0 Å². The molecule has 0 amide bonds. The average Bonchev–Trinajstić information content (AvgIpc) is 2.89. The second kappa shape index (κ2) is 6.45. The summed E-state index contributed by atoms with van der Waals surface area (Å²) in [6, 6.07) is 5.34. The number of thiophene rings is 1. The molecule has 0 spiro atoms. The van der Waals surface area contributed by atoms with Gasteiger partial charge in [0.15, 0.2) is 0 Å². The number of rotatable bonds is 6. The van der Waals surface area contributed by atoms with Crippen molar-refractivity contribution >= 4 is 21.4 Å². The number of sulfonamides is 1. The van der Waals surface area contributed by atoms with E-state index in [-0.39, 0.29) is 0 Å². The molecule has 0 saturated heterocycles. The van der Waals surface area contributed by atoms with Gasteiger partial charge in [0.2, 0.25) is 10.0 Å². The van der Waals surface area contributed by atoms with Gasteiger partial charge in [0.05, 0.1) is 4.90 Å². The summed E-state index contributed by atoms with van der Waals surface area (Å²) in [4.78, 5) is 5.28. The third-order valence-electron chi connectivity index (χ3n) is 2.84. The van der Waals surface area contributed by atoms with Crippen molar-refractivity contribution in [3.05, 3.63) is 46.4 Å². The zero-order valence-corrected chi connectivity index (χ0v) is 13.0. The summed E-state index contributed by atoms with van der Waals surface area (Å²) >= 11 is 1.45. The number of pyridine rings is 1. The van der Waals surface area contributed by atoms with E-state index in [1.807, 2.05) is 19.2 Å². The maximum Gasteiger partial charge on any atom is 0.243 e. The summed E-state index contributed by atoms with van der Waals surface area (Å²) < 4.78 is 26.3. The standard InChI is InChI=1S/C13H17N3O2S2/c1-14-8-12-7-13(10-19-12)20(17,18)16(2)9-11-3-5-15-6-4-11/h3-7,10,14H,8-9H2,1-2H3. The quantitative estimate of drug-likeness (QED) is 0.882. The van der Waals surface area contributed by atoms with Gasteiger partial charge in [-0.25, -0.2) is 8.42 Å². The molecule has 2 rings (SSSR count). The summed E-state index contributed by atoms with van der Waals surface area (Å²) in [5.41, 5.74) is 0.914. The van der Waals surface area contributed by atoms with Crippen molar-refractivity contribution < 1.29 is 8.42 Å². The van der Waals surface area contributed by atoms with E-state index in [9.17, 15) is 8.42 Å². The van der Waals surface area contributed by atoms with E-state index >= 15 is 0 Å². The van der Waals surface area contributed by atoms with Gasteiger partial charge < -0.3 is 5.32 Å². The summed E-state index contributed by atoms with van der Waals surface area (Å²) in [7, 11) is -0.0139. The fourth-order valence-corrected chi connectivity index (χ4v) is 4.21. The molecule has 108 valence electrons. The molecule has 20 heavy (non-hydrogen) atoms. The Morgan fingerprint density at radius 2 is 2.05 bits per heavy atom.